The summed E-state index contributed by atoms with van der Waals surface area (Å²) in [5.74, 6) is 0.399. The van der Waals surface area contributed by atoms with Crippen molar-refractivity contribution in [1.82, 2.24) is 9.88 Å². The lowest BCUT2D eigenvalue weighted by Gasteiger charge is -2.18. The third kappa shape index (κ3) is 3.95. The molecule has 1 N–H and O–H groups in total. The number of nitrogens with zero attached hydrogens (tertiary/aromatic N) is 2. The molecule has 0 fully saturated rings. The van der Waals surface area contributed by atoms with Crippen molar-refractivity contribution in [3.8, 4) is 0 Å². The summed E-state index contributed by atoms with van der Waals surface area (Å²) in [5.41, 5.74) is 1.28. The number of anilines is 1. The Morgan fingerprint density at radius 3 is 2.81 bits per heavy atom. The zero-order chi connectivity index (χ0) is 15.4. The van der Waals surface area contributed by atoms with Crippen molar-refractivity contribution in [3.63, 3.8) is 0 Å². The van der Waals surface area contributed by atoms with Crippen LogP contribution < -0.4 is 5.32 Å². The van der Waals surface area contributed by atoms with E-state index in [2.05, 4.69) is 26.2 Å². The quantitative estimate of drug-likeness (QED) is 0.892. The van der Waals surface area contributed by atoms with E-state index in [1.807, 2.05) is 24.3 Å². The largest absolute Gasteiger partial charge is 0.373 e. The summed E-state index contributed by atoms with van der Waals surface area (Å²) >= 11 is 9.49. The standard InChI is InChI=1S/C15H15BrClN3O/c1-18-13-7-6-12(17)14(19-13)15(21)20(2)9-10-4-3-5-11(16)8-10/h3-8H,9H2,1-2H3,(H,18,19). The van der Waals surface area contributed by atoms with Gasteiger partial charge >= 0.3 is 0 Å². The van der Waals surface area contributed by atoms with Gasteiger partial charge in [-0.15, -0.1) is 0 Å². The highest BCUT2D eigenvalue weighted by Gasteiger charge is 2.17. The maximum Gasteiger partial charge on any atom is 0.274 e. The van der Waals surface area contributed by atoms with Gasteiger partial charge in [-0.1, -0.05) is 39.7 Å². The van der Waals surface area contributed by atoms with Crippen LogP contribution in [0, 0.1) is 0 Å². The van der Waals surface area contributed by atoms with Gasteiger partial charge in [0.05, 0.1) is 5.02 Å². The van der Waals surface area contributed by atoms with Crippen LogP contribution in [0.15, 0.2) is 40.9 Å². The maximum absolute atomic E-state index is 12.5. The second kappa shape index (κ2) is 6.91. The molecule has 21 heavy (non-hydrogen) atoms. The highest BCUT2D eigenvalue weighted by molar-refractivity contribution is 9.10. The monoisotopic (exact) mass is 367 g/mol. The number of carbonyl (C=O) groups is 1. The highest BCUT2D eigenvalue weighted by Crippen LogP contribution is 2.19. The first-order chi connectivity index (χ1) is 10.0. The molecule has 0 aliphatic heterocycles. The summed E-state index contributed by atoms with van der Waals surface area (Å²) in [6.45, 7) is 0.486. The first-order valence-electron chi connectivity index (χ1n) is 6.35. The summed E-state index contributed by atoms with van der Waals surface area (Å²) in [6, 6.07) is 11.2. The van der Waals surface area contributed by atoms with Crippen LogP contribution in [0.4, 0.5) is 5.82 Å². The van der Waals surface area contributed by atoms with Crippen LogP contribution in [-0.2, 0) is 6.54 Å². The predicted molar refractivity (Wildman–Crippen MR) is 88.7 cm³/mol. The summed E-state index contributed by atoms with van der Waals surface area (Å²) in [4.78, 5) is 18.3. The molecule has 0 saturated heterocycles. The van der Waals surface area contributed by atoms with Crippen molar-refractivity contribution >= 4 is 39.3 Å². The molecule has 0 saturated carbocycles. The minimum absolute atomic E-state index is 0.211. The van der Waals surface area contributed by atoms with Gasteiger partial charge in [0.2, 0.25) is 0 Å². The normalized spacial score (nSPS) is 10.3. The summed E-state index contributed by atoms with van der Waals surface area (Å²) in [7, 11) is 3.48. The van der Waals surface area contributed by atoms with Crippen molar-refractivity contribution in [1.29, 1.82) is 0 Å². The third-order valence-electron chi connectivity index (χ3n) is 2.96. The van der Waals surface area contributed by atoms with E-state index < -0.39 is 0 Å². The molecule has 0 unspecified atom stereocenters. The topological polar surface area (TPSA) is 45.2 Å². The average molecular weight is 369 g/mol. The molecule has 4 nitrogen and oxygen atoms in total. The molecular formula is C15H15BrClN3O. The Bertz CT molecular complexity index is 663. The van der Waals surface area contributed by atoms with Crippen LogP contribution in [0.1, 0.15) is 16.1 Å². The van der Waals surface area contributed by atoms with Crippen LogP contribution >= 0.6 is 27.5 Å². The first kappa shape index (κ1) is 15.8. The van der Waals surface area contributed by atoms with E-state index >= 15 is 0 Å². The maximum atomic E-state index is 12.5. The van der Waals surface area contributed by atoms with Gasteiger partial charge in [-0.25, -0.2) is 4.98 Å². The van der Waals surface area contributed by atoms with Gasteiger partial charge in [-0.3, -0.25) is 4.79 Å². The van der Waals surface area contributed by atoms with E-state index in [0.717, 1.165) is 10.0 Å². The number of rotatable bonds is 4. The van der Waals surface area contributed by atoms with Crippen molar-refractivity contribution < 1.29 is 4.79 Å². The average Bonchev–Trinajstić information content (AvgIpc) is 2.47. The fraction of sp³-hybridized carbons (Fsp3) is 0.200. The van der Waals surface area contributed by atoms with Crippen molar-refractivity contribution in [2.45, 2.75) is 6.54 Å². The minimum atomic E-state index is -0.211. The molecule has 0 bridgehead atoms. The first-order valence-corrected chi connectivity index (χ1v) is 7.52. The SMILES string of the molecule is CNc1ccc(Cl)c(C(=O)N(C)Cc2cccc(Br)c2)n1. The number of nitrogens with one attached hydrogen (secondary N) is 1. The zero-order valence-electron chi connectivity index (χ0n) is 11.7. The predicted octanol–water partition coefficient (Wildman–Crippen LogP) is 3.81. The number of amides is 1. The molecule has 110 valence electrons. The lowest BCUT2D eigenvalue weighted by atomic mass is 10.2. The molecule has 0 spiro atoms. The Morgan fingerprint density at radius 1 is 1.38 bits per heavy atom. The van der Waals surface area contributed by atoms with Gasteiger partial charge in [0.15, 0.2) is 0 Å². The second-order valence-electron chi connectivity index (χ2n) is 4.57. The molecule has 0 radical (unpaired) electrons. The number of aromatic nitrogens is 1. The van der Waals surface area contributed by atoms with E-state index in [1.54, 1.807) is 31.1 Å². The van der Waals surface area contributed by atoms with Crippen LogP contribution in [0.5, 0.6) is 0 Å². The van der Waals surface area contributed by atoms with Crippen LogP contribution in [0.3, 0.4) is 0 Å². The lowest BCUT2D eigenvalue weighted by Crippen LogP contribution is -2.27. The van der Waals surface area contributed by atoms with Gasteiger partial charge in [-0.2, -0.15) is 0 Å². The Morgan fingerprint density at radius 2 is 2.14 bits per heavy atom. The van der Waals surface area contributed by atoms with E-state index in [1.165, 1.54) is 0 Å². The second-order valence-corrected chi connectivity index (χ2v) is 5.89. The third-order valence-corrected chi connectivity index (χ3v) is 3.76. The van der Waals surface area contributed by atoms with Crippen molar-refractivity contribution in [2.24, 2.45) is 0 Å². The number of hydrogen-bond donors (Lipinski definition) is 1. The van der Waals surface area contributed by atoms with E-state index in [9.17, 15) is 4.79 Å². The van der Waals surface area contributed by atoms with Gasteiger partial charge in [0.25, 0.3) is 5.91 Å². The summed E-state index contributed by atoms with van der Waals surface area (Å²) < 4.78 is 0.981. The van der Waals surface area contributed by atoms with Crippen LogP contribution in [-0.4, -0.2) is 29.9 Å². The Balaban J connectivity index is 2.19. The number of benzene rings is 1. The molecule has 2 aromatic rings. The molecule has 1 heterocycles. The van der Waals surface area contributed by atoms with E-state index in [4.69, 9.17) is 11.6 Å². The lowest BCUT2D eigenvalue weighted by molar-refractivity contribution is 0.0779. The number of pyridine rings is 1. The van der Waals surface area contributed by atoms with Crippen molar-refractivity contribution in [3.05, 3.63) is 57.2 Å². The molecule has 1 aromatic heterocycles. The van der Waals surface area contributed by atoms with Gasteiger partial charge in [0, 0.05) is 25.1 Å². The molecule has 1 amide bonds. The van der Waals surface area contributed by atoms with Crippen LogP contribution in [0.2, 0.25) is 5.02 Å². The fourth-order valence-electron chi connectivity index (χ4n) is 1.89. The Hall–Kier alpha value is -1.59. The summed E-state index contributed by atoms with van der Waals surface area (Å²) in [6.07, 6.45) is 0. The molecular weight excluding hydrogens is 354 g/mol. The highest BCUT2D eigenvalue weighted by atomic mass is 79.9. The molecule has 0 aliphatic rings. The Kier molecular flexibility index (Phi) is 5.20. The van der Waals surface area contributed by atoms with Crippen molar-refractivity contribution in [2.75, 3.05) is 19.4 Å². The number of carbonyl (C=O) groups excluding carboxylic acids is 1. The Labute approximate surface area is 137 Å². The zero-order valence-corrected chi connectivity index (χ0v) is 14.1. The van der Waals surface area contributed by atoms with Crippen LogP contribution in [0.25, 0.3) is 0 Å². The molecule has 0 aliphatic carbocycles. The number of hydrogen-bond acceptors (Lipinski definition) is 3. The van der Waals surface area contributed by atoms with E-state index in [0.29, 0.717) is 17.4 Å². The van der Waals surface area contributed by atoms with Gasteiger partial charge < -0.3 is 10.2 Å². The number of halogens is 2. The smallest absolute Gasteiger partial charge is 0.274 e. The van der Waals surface area contributed by atoms with Gasteiger partial charge in [-0.05, 0) is 29.8 Å². The molecule has 6 heteroatoms. The molecule has 0 atom stereocenters. The van der Waals surface area contributed by atoms with E-state index in [-0.39, 0.29) is 11.6 Å². The summed E-state index contributed by atoms with van der Waals surface area (Å²) in [5, 5.41) is 3.25. The fourth-order valence-corrected chi connectivity index (χ4v) is 2.53. The molecule has 2 rings (SSSR count). The molecule has 1 aromatic carbocycles. The minimum Gasteiger partial charge on any atom is -0.373 e. The van der Waals surface area contributed by atoms with Gasteiger partial charge in [0.1, 0.15) is 11.5 Å².